The number of aryl methyl sites for hydroxylation is 1. The predicted octanol–water partition coefficient (Wildman–Crippen LogP) is 0.586. The van der Waals surface area contributed by atoms with E-state index in [1.165, 1.54) is 13.3 Å². The zero-order valence-electron chi connectivity index (χ0n) is 13.0. The number of methoxy groups -OCH3 is 1. The molecule has 1 aromatic heterocycles. The maximum atomic E-state index is 12.1. The average molecular weight is 318 g/mol. The third-order valence-electron chi connectivity index (χ3n) is 2.86. The van der Waals surface area contributed by atoms with E-state index in [2.05, 4.69) is 22.1 Å². The molecule has 1 atom stereocenters. The fraction of sp³-hybridized carbons (Fsp3) is 0.769. The fourth-order valence-corrected chi connectivity index (χ4v) is 3.07. The fourth-order valence-electron chi connectivity index (χ4n) is 1.89. The molecule has 0 aliphatic heterocycles. The van der Waals surface area contributed by atoms with Gasteiger partial charge in [-0.05, 0) is 32.9 Å². The minimum atomic E-state index is -3.53. The molecule has 2 N–H and O–H groups in total. The first kappa shape index (κ1) is 18.1. The molecule has 7 nitrogen and oxygen atoms in total. The average Bonchev–Trinajstić information content (AvgIpc) is 2.88. The number of ether oxygens (including phenoxy) is 1. The number of nitrogens with one attached hydrogen (secondary N) is 2. The third-order valence-corrected chi connectivity index (χ3v) is 4.40. The standard InChI is InChI=1S/C13H26N4O3S/c1-4-6-14-7-5-8-17-10-13(9-15-17)21(18,19)16-12(2)11-20-3/h9-10,12,14,16H,4-8,11H2,1-3H3. The lowest BCUT2D eigenvalue weighted by Crippen LogP contribution is -2.35. The number of rotatable bonds is 11. The Labute approximate surface area is 127 Å². The van der Waals surface area contributed by atoms with Gasteiger partial charge in [0.2, 0.25) is 10.0 Å². The topological polar surface area (TPSA) is 85.2 Å². The van der Waals surface area contributed by atoms with Crippen LogP contribution >= 0.6 is 0 Å². The molecule has 122 valence electrons. The van der Waals surface area contributed by atoms with Gasteiger partial charge in [-0.1, -0.05) is 6.92 Å². The van der Waals surface area contributed by atoms with Crippen LogP contribution in [0.3, 0.4) is 0 Å². The predicted molar refractivity (Wildman–Crippen MR) is 81.7 cm³/mol. The van der Waals surface area contributed by atoms with Crippen molar-refractivity contribution in [2.24, 2.45) is 0 Å². The van der Waals surface area contributed by atoms with Crippen LogP contribution in [0.15, 0.2) is 17.3 Å². The van der Waals surface area contributed by atoms with Crippen molar-refractivity contribution in [3.05, 3.63) is 12.4 Å². The van der Waals surface area contributed by atoms with Gasteiger partial charge in [0.1, 0.15) is 4.90 Å². The Kier molecular flexibility index (Phi) is 7.87. The van der Waals surface area contributed by atoms with Gasteiger partial charge in [-0.25, -0.2) is 13.1 Å². The highest BCUT2D eigenvalue weighted by Gasteiger charge is 2.19. The molecule has 0 saturated carbocycles. The second-order valence-electron chi connectivity index (χ2n) is 5.02. The van der Waals surface area contributed by atoms with Gasteiger partial charge in [0.05, 0.1) is 12.8 Å². The number of nitrogens with zero attached hydrogens (tertiary/aromatic N) is 2. The SMILES string of the molecule is CCCNCCCn1cc(S(=O)(=O)NC(C)COC)cn1. The van der Waals surface area contributed by atoms with E-state index in [4.69, 9.17) is 4.74 Å². The monoisotopic (exact) mass is 318 g/mol. The molecule has 0 bridgehead atoms. The van der Waals surface area contributed by atoms with E-state index in [1.807, 2.05) is 0 Å². The molecule has 21 heavy (non-hydrogen) atoms. The van der Waals surface area contributed by atoms with Gasteiger partial charge >= 0.3 is 0 Å². The van der Waals surface area contributed by atoms with E-state index >= 15 is 0 Å². The highest BCUT2D eigenvalue weighted by molar-refractivity contribution is 7.89. The highest BCUT2D eigenvalue weighted by atomic mass is 32.2. The molecule has 0 fully saturated rings. The molecule has 1 rings (SSSR count). The molecule has 1 aromatic rings. The summed E-state index contributed by atoms with van der Waals surface area (Å²) in [7, 11) is -1.99. The molecular weight excluding hydrogens is 292 g/mol. The van der Waals surface area contributed by atoms with Crippen LogP contribution in [0.5, 0.6) is 0 Å². The largest absolute Gasteiger partial charge is 0.383 e. The maximum absolute atomic E-state index is 12.1. The van der Waals surface area contributed by atoms with Crippen molar-refractivity contribution in [1.29, 1.82) is 0 Å². The van der Waals surface area contributed by atoms with Gasteiger partial charge in [-0.3, -0.25) is 4.68 Å². The lowest BCUT2D eigenvalue weighted by atomic mass is 10.4. The van der Waals surface area contributed by atoms with Gasteiger partial charge in [-0.15, -0.1) is 0 Å². The number of sulfonamides is 1. The Morgan fingerprint density at radius 2 is 2.19 bits per heavy atom. The first-order chi connectivity index (χ1) is 9.99. The van der Waals surface area contributed by atoms with Crippen molar-refractivity contribution < 1.29 is 13.2 Å². The Hall–Kier alpha value is -0.960. The molecule has 0 spiro atoms. The van der Waals surface area contributed by atoms with E-state index in [0.29, 0.717) is 13.2 Å². The highest BCUT2D eigenvalue weighted by Crippen LogP contribution is 2.08. The summed E-state index contributed by atoms with van der Waals surface area (Å²) in [5, 5.41) is 7.39. The van der Waals surface area contributed by atoms with Crippen LogP contribution in [0.2, 0.25) is 0 Å². The lowest BCUT2D eigenvalue weighted by Gasteiger charge is -2.11. The van der Waals surface area contributed by atoms with E-state index < -0.39 is 10.0 Å². The second-order valence-corrected chi connectivity index (χ2v) is 6.73. The van der Waals surface area contributed by atoms with Crippen LogP contribution < -0.4 is 10.0 Å². The third kappa shape index (κ3) is 6.56. The van der Waals surface area contributed by atoms with Crippen LogP contribution in [0.4, 0.5) is 0 Å². The molecule has 0 radical (unpaired) electrons. The number of hydrogen-bond donors (Lipinski definition) is 2. The molecule has 0 amide bonds. The van der Waals surface area contributed by atoms with Gasteiger partial charge in [0.15, 0.2) is 0 Å². The van der Waals surface area contributed by atoms with Crippen molar-refractivity contribution in [3.8, 4) is 0 Å². The van der Waals surface area contributed by atoms with Crippen molar-refractivity contribution in [2.45, 2.75) is 44.2 Å². The molecule has 0 aliphatic carbocycles. The van der Waals surface area contributed by atoms with Gasteiger partial charge in [0.25, 0.3) is 0 Å². The summed E-state index contributed by atoms with van der Waals surface area (Å²) in [6.45, 7) is 6.80. The molecule has 0 aliphatic rings. The summed E-state index contributed by atoms with van der Waals surface area (Å²) in [6.07, 6.45) is 4.95. The van der Waals surface area contributed by atoms with Crippen molar-refractivity contribution in [1.82, 2.24) is 19.8 Å². The lowest BCUT2D eigenvalue weighted by molar-refractivity contribution is 0.180. The number of hydrogen-bond acceptors (Lipinski definition) is 5. The molecular formula is C13H26N4O3S. The van der Waals surface area contributed by atoms with Crippen LogP contribution in [0.25, 0.3) is 0 Å². The van der Waals surface area contributed by atoms with Crippen molar-refractivity contribution in [2.75, 3.05) is 26.8 Å². The summed E-state index contributed by atoms with van der Waals surface area (Å²) < 4.78 is 33.4. The normalized spacial score (nSPS) is 13.5. The first-order valence-electron chi connectivity index (χ1n) is 7.24. The smallest absolute Gasteiger partial charge is 0.244 e. The zero-order valence-corrected chi connectivity index (χ0v) is 13.8. The van der Waals surface area contributed by atoms with Crippen molar-refractivity contribution in [3.63, 3.8) is 0 Å². The summed E-state index contributed by atoms with van der Waals surface area (Å²) in [4.78, 5) is 0.187. The first-order valence-corrected chi connectivity index (χ1v) is 8.72. The molecule has 0 saturated heterocycles. The summed E-state index contributed by atoms with van der Waals surface area (Å²) in [5.41, 5.74) is 0. The zero-order chi connectivity index (χ0) is 15.7. The number of aromatic nitrogens is 2. The maximum Gasteiger partial charge on any atom is 0.244 e. The van der Waals surface area contributed by atoms with Crippen LogP contribution in [0.1, 0.15) is 26.7 Å². The quantitative estimate of drug-likeness (QED) is 0.583. The minimum Gasteiger partial charge on any atom is -0.383 e. The van der Waals surface area contributed by atoms with E-state index in [1.54, 1.807) is 17.8 Å². The molecule has 0 aromatic carbocycles. The van der Waals surface area contributed by atoms with Gasteiger partial charge in [-0.2, -0.15) is 5.10 Å². The Morgan fingerprint density at radius 3 is 2.86 bits per heavy atom. The Morgan fingerprint density at radius 1 is 1.43 bits per heavy atom. The minimum absolute atomic E-state index is 0.187. The Bertz CT molecular complexity index is 501. The van der Waals surface area contributed by atoms with E-state index in [0.717, 1.165) is 25.9 Å². The van der Waals surface area contributed by atoms with Crippen LogP contribution in [-0.2, 0) is 21.3 Å². The van der Waals surface area contributed by atoms with E-state index in [-0.39, 0.29) is 10.9 Å². The molecule has 1 heterocycles. The molecule has 8 heteroatoms. The van der Waals surface area contributed by atoms with Crippen molar-refractivity contribution >= 4 is 10.0 Å². The summed E-state index contributed by atoms with van der Waals surface area (Å²) >= 11 is 0. The second kappa shape index (κ2) is 9.14. The van der Waals surface area contributed by atoms with Crippen LogP contribution in [0, 0.1) is 0 Å². The van der Waals surface area contributed by atoms with E-state index in [9.17, 15) is 8.42 Å². The van der Waals surface area contributed by atoms with Gasteiger partial charge in [0, 0.05) is 25.9 Å². The van der Waals surface area contributed by atoms with Crippen LogP contribution in [-0.4, -0.2) is 51.0 Å². The Balaban J connectivity index is 2.49. The summed E-state index contributed by atoms with van der Waals surface area (Å²) in [5.74, 6) is 0. The summed E-state index contributed by atoms with van der Waals surface area (Å²) in [6, 6.07) is -0.276. The van der Waals surface area contributed by atoms with Gasteiger partial charge < -0.3 is 10.1 Å². The molecule has 1 unspecified atom stereocenters.